The Morgan fingerprint density at radius 3 is 2.57 bits per heavy atom. The lowest BCUT2D eigenvalue weighted by Gasteiger charge is -2.14. The fraction of sp³-hybridized carbons (Fsp3) is 0.250. The van der Waals surface area contributed by atoms with Crippen molar-refractivity contribution in [3.05, 3.63) is 58.6 Å². The first-order valence-electron chi connectivity index (χ1n) is 6.46. The van der Waals surface area contributed by atoms with Crippen LogP contribution in [0.15, 0.2) is 42.5 Å². The van der Waals surface area contributed by atoms with Crippen LogP contribution < -0.4 is 9.47 Å². The van der Waals surface area contributed by atoms with Crippen molar-refractivity contribution < 1.29 is 19.3 Å². The van der Waals surface area contributed by atoms with E-state index >= 15 is 0 Å². The molecule has 0 radical (unpaired) electrons. The quantitative estimate of drug-likeness (QED) is 0.629. The van der Waals surface area contributed by atoms with Crippen LogP contribution in [0.3, 0.4) is 0 Å². The van der Waals surface area contributed by atoms with Crippen molar-refractivity contribution in [1.29, 1.82) is 0 Å². The second-order valence-corrected chi connectivity index (χ2v) is 4.79. The van der Waals surface area contributed by atoms with Gasteiger partial charge in [0, 0.05) is 16.7 Å². The molecular weight excluding hydrogens is 292 g/mol. The normalized spacial score (nSPS) is 10.4. The highest BCUT2D eigenvalue weighted by Crippen LogP contribution is 2.34. The third-order valence-corrected chi connectivity index (χ3v) is 3.10. The van der Waals surface area contributed by atoms with Gasteiger partial charge in [0.2, 0.25) is 0 Å². The Hall–Kier alpha value is -1.75. The van der Waals surface area contributed by atoms with Crippen molar-refractivity contribution in [3.8, 4) is 11.5 Å². The molecule has 0 aromatic heterocycles. The highest BCUT2D eigenvalue weighted by atomic mass is 35.5. The van der Waals surface area contributed by atoms with Crippen LogP contribution in [0.5, 0.6) is 11.5 Å². The van der Waals surface area contributed by atoms with Crippen LogP contribution in [0.4, 0.5) is 0 Å². The van der Waals surface area contributed by atoms with Gasteiger partial charge in [0.15, 0.2) is 18.3 Å². The van der Waals surface area contributed by atoms with Gasteiger partial charge in [-0.1, -0.05) is 41.9 Å². The Morgan fingerprint density at radius 2 is 1.90 bits per heavy atom. The van der Waals surface area contributed by atoms with Crippen molar-refractivity contribution in [2.45, 2.75) is 13.2 Å². The van der Waals surface area contributed by atoms with E-state index in [1.807, 2.05) is 30.3 Å². The molecule has 2 rings (SSSR count). The maximum Gasteiger partial charge on any atom is 0.189 e. The van der Waals surface area contributed by atoms with Gasteiger partial charge in [-0.25, -0.2) is 0 Å². The molecule has 0 aliphatic heterocycles. The number of aliphatic hydroxyl groups excluding tert-OH is 1. The van der Waals surface area contributed by atoms with Crippen LogP contribution in [0.1, 0.15) is 11.1 Å². The van der Waals surface area contributed by atoms with Crippen molar-refractivity contribution >= 4 is 11.6 Å². The number of halogens is 1. The Labute approximate surface area is 128 Å². The van der Waals surface area contributed by atoms with Gasteiger partial charge in [-0.05, 0) is 11.6 Å². The summed E-state index contributed by atoms with van der Waals surface area (Å²) in [6.07, 6.45) is 0. The first kappa shape index (κ1) is 15.6. The third-order valence-electron chi connectivity index (χ3n) is 2.88. The molecular formula is C16H17ClO4. The maximum atomic E-state index is 9.36. The van der Waals surface area contributed by atoms with Gasteiger partial charge in [0.1, 0.15) is 0 Å². The lowest BCUT2D eigenvalue weighted by atomic mass is 10.2. The van der Waals surface area contributed by atoms with E-state index < -0.39 is 0 Å². The fourth-order valence-corrected chi connectivity index (χ4v) is 2.12. The zero-order chi connectivity index (χ0) is 15.1. The molecule has 1 N–H and O–H groups in total. The summed E-state index contributed by atoms with van der Waals surface area (Å²) >= 11 is 5.94. The zero-order valence-corrected chi connectivity index (χ0v) is 12.5. The molecule has 0 aliphatic carbocycles. The molecule has 0 heterocycles. The lowest BCUT2D eigenvalue weighted by molar-refractivity contribution is 0.00267. The molecule has 0 saturated heterocycles. The molecule has 0 aliphatic rings. The standard InChI is InChI=1S/C16H17ClO4/c1-19-15-8-14(17)7-13(9-18)16(15)21-11-20-10-12-5-3-2-4-6-12/h2-8,18H,9-11H2,1H3. The summed E-state index contributed by atoms with van der Waals surface area (Å²) in [6, 6.07) is 13.1. The van der Waals surface area contributed by atoms with Crippen molar-refractivity contribution in [2.24, 2.45) is 0 Å². The van der Waals surface area contributed by atoms with Crippen molar-refractivity contribution in [2.75, 3.05) is 13.9 Å². The molecule has 2 aromatic rings. The van der Waals surface area contributed by atoms with Crippen LogP contribution in [0.2, 0.25) is 5.02 Å². The molecule has 0 spiro atoms. The minimum absolute atomic E-state index is 0.0554. The number of ether oxygens (including phenoxy) is 3. The van der Waals surface area contributed by atoms with Gasteiger partial charge >= 0.3 is 0 Å². The summed E-state index contributed by atoms with van der Waals surface area (Å²) in [5, 5.41) is 9.84. The Kier molecular flexibility index (Phi) is 5.87. The van der Waals surface area contributed by atoms with E-state index in [0.29, 0.717) is 28.7 Å². The summed E-state index contributed by atoms with van der Waals surface area (Å²) in [5.74, 6) is 0.910. The average molecular weight is 309 g/mol. The second-order valence-electron chi connectivity index (χ2n) is 4.35. The molecule has 0 unspecified atom stereocenters. The topological polar surface area (TPSA) is 47.9 Å². The van der Waals surface area contributed by atoms with E-state index in [1.165, 1.54) is 7.11 Å². The summed E-state index contributed by atoms with van der Waals surface area (Å²) in [5.41, 5.74) is 1.62. The maximum absolute atomic E-state index is 9.36. The third kappa shape index (κ3) is 4.36. The van der Waals surface area contributed by atoms with Gasteiger partial charge in [0.05, 0.1) is 20.3 Å². The van der Waals surface area contributed by atoms with Crippen molar-refractivity contribution in [3.63, 3.8) is 0 Å². The van der Waals surface area contributed by atoms with E-state index in [4.69, 9.17) is 25.8 Å². The summed E-state index contributed by atoms with van der Waals surface area (Å²) in [6.45, 7) is 0.316. The van der Waals surface area contributed by atoms with E-state index in [9.17, 15) is 5.11 Å². The number of hydrogen-bond donors (Lipinski definition) is 1. The Balaban J connectivity index is 1.96. The smallest absolute Gasteiger partial charge is 0.189 e. The van der Waals surface area contributed by atoms with Crippen molar-refractivity contribution in [1.82, 2.24) is 0 Å². The van der Waals surface area contributed by atoms with Gasteiger partial charge in [0.25, 0.3) is 0 Å². The minimum atomic E-state index is -0.190. The number of hydrogen-bond acceptors (Lipinski definition) is 4. The van der Waals surface area contributed by atoms with Gasteiger partial charge < -0.3 is 19.3 Å². The number of benzene rings is 2. The van der Waals surface area contributed by atoms with Crippen LogP contribution in [0, 0.1) is 0 Å². The molecule has 0 amide bonds. The fourth-order valence-electron chi connectivity index (χ4n) is 1.89. The van der Waals surface area contributed by atoms with Gasteiger partial charge in [-0.3, -0.25) is 0 Å². The van der Waals surface area contributed by atoms with Crippen LogP contribution >= 0.6 is 11.6 Å². The molecule has 21 heavy (non-hydrogen) atoms. The summed E-state index contributed by atoms with van der Waals surface area (Å²) in [4.78, 5) is 0. The number of methoxy groups -OCH3 is 1. The minimum Gasteiger partial charge on any atom is -0.493 e. The predicted octanol–water partition coefficient (Wildman–Crippen LogP) is 3.39. The molecule has 4 nitrogen and oxygen atoms in total. The number of aliphatic hydroxyl groups is 1. The molecule has 2 aromatic carbocycles. The highest BCUT2D eigenvalue weighted by Gasteiger charge is 2.12. The number of rotatable bonds is 7. The van der Waals surface area contributed by atoms with E-state index in [2.05, 4.69) is 0 Å². The van der Waals surface area contributed by atoms with Crippen LogP contribution in [0.25, 0.3) is 0 Å². The molecule has 112 valence electrons. The van der Waals surface area contributed by atoms with E-state index in [-0.39, 0.29) is 13.4 Å². The molecule has 5 heteroatoms. The average Bonchev–Trinajstić information content (AvgIpc) is 2.52. The highest BCUT2D eigenvalue weighted by molar-refractivity contribution is 6.30. The van der Waals surface area contributed by atoms with Crippen LogP contribution in [-0.4, -0.2) is 19.0 Å². The SMILES string of the molecule is COc1cc(Cl)cc(CO)c1OCOCc1ccccc1. The Bertz CT molecular complexity index is 547. The zero-order valence-electron chi connectivity index (χ0n) is 11.7. The van der Waals surface area contributed by atoms with Gasteiger partial charge in [-0.15, -0.1) is 0 Å². The summed E-state index contributed by atoms with van der Waals surface area (Å²) in [7, 11) is 1.52. The largest absolute Gasteiger partial charge is 0.493 e. The van der Waals surface area contributed by atoms with E-state index in [0.717, 1.165) is 5.56 Å². The predicted molar refractivity (Wildman–Crippen MR) is 80.7 cm³/mol. The second kappa shape index (κ2) is 7.88. The molecule has 0 fully saturated rings. The Morgan fingerprint density at radius 1 is 1.14 bits per heavy atom. The van der Waals surface area contributed by atoms with Crippen LogP contribution in [-0.2, 0) is 18.0 Å². The first-order chi connectivity index (χ1) is 10.2. The van der Waals surface area contributed by atoms with Gasteiger partial charge in [-0.2, -0.15) is 0 Å². The lowest BCUT2D eigenvalue weighted by Crippen LogP contribution is -2.06. The molecule has 0 saturated carbocycles. The molecule has 0 atom stereocenters. The monoisotopic (exact) mass is 308 g/mol. The van der Waals surface area contributed by atoms with E-state index in [1.54, 1.807) is 12.1 Å². The molecule has 0 bridgehead atoms. The first-order valence-corrected chi connectivity index (χ1v) is 6.84. The summed E-state index contributed by atoms with van der Waals surface area (Å²) < 4.78 is 16.2.